The molecule has 0 amide bonds. The largest absolute Gasteiger partial charge is 0.310 e. The van der Waals surface area contributed by atoms with Crippen LogP contribution in [0.3, 0.4) is 0 Å². The fourth-order valence-electron chi connectivity index (χ4n) is 14.8. The number of aromatic nitrogens is 2. The van der Waals surface area contributed by atoms with Crippen LogP contribution in [0.2, 0.25) is 0 Å². The SMILES string of the molecule is CC(C)(C)c1ccc2c(c1)c1c3c4ccccc4c4ccccc4c3cc3c1n2-c1cccc2c1B3c1cc3c4ccccc4c4ccccc4c3c3c4c5c6ccccc6c6ccccc6c5ccc4n-2c13. The fraction of sp³-hybridized carbons (Fsp3) is 0.0571. The Labute approximate surface area is 420 Å². The molecule has 2 aliphatic rings. The van der Waals surface area contributed by atoms with Crippen LogP contribution in [0.5, 0.6) is 0 Å². The van der Waals surface area contributed by atoms with E-state index in [1.807, 2.05) is 0 Å². The highest BCUT2D eigenvalue weighted by Gasteiger charge is 2.42. The van der Waals surface area contributed by atoms with Crippen LogP contribution >= 0.6 is 0 Å². The van der Waals surface area contributed by atoms with Gasteiger partial charge in [-0.15, -0.1) is 0 Å². The third kappa shape index (κ3) is 4.56. The monoisotopic (exact) mass is 922 g/mol. The third-order valence-electron chi connectivity index (χ3n) is 17.7. The number of rotatable bonds is 0. The lowest BCUT2D eigenvalue weighted by molar-refractivity contribution is 0.591. The molecule has 0 N–H and O–H groups in total. The first kappa shape index (κ1) is 38.8. The van der Waals surface area contributed by atoms with E-state index in [1.165, 1.54) is 174 Å². The Kier molecular flexibility index (Phi) is 6.98. The number of hydrogen-bond donors (Lipinski definition) is 0. The van der Waals surface area contributed by atoms with E-state index in [0.717, 1.165) is 0 Å². The molecule has 2 nitrogen and oxygen atoms in total. The second-order valence-electron chi connectivity index (χ2n) is 22.2. The molecule has 0 saturated heterocycles. The van der Waals surface area contributed by atoms with Crippen LogP contribution in [0, 0.1) is 0 Å². The second-order valence-corrected chi connectivity index (χ2v) is 22.2. The van der Waals surface area contributed by atoms with E-state index in [9.17, 15) is 0 Å². The molecule has 0 radical (unpaired) electrons. The van der Waals surface area contributed by atoms with Gasteiger partial charge in [-0.2, -0.15) is 0 Å². The summed E-state index contributed by atoms with van der Waals surface area (Å²) in [5.41, 5.74) is 13.1. The maximum Gasteiger partial charge on any atom is 0.252 e. The summed E-state index contributed by atoms with van der Waals surface area (Å²) in [4.78, 5) is 0. The zero-order valence-corrected chi connectivity index (χ0v) is 40.6. The van der Waals surface area contributed by atoms with Gasteiger partial charge < -0.3 is 9.13 Å². The standard InChI is InChI=1S/C70H43BN2/c1-70(2,3)38-31-33-57-54(35-38)64-62-49-27-14-11-21-43(49)40-18-5-8-24-46(40)52(62)36-55-68(64)72(57)59-29-16-30-60-67(59)71(55)56-37-53-47-25-9-6-19-41(47)44-22-12-15-28-50(44)63(53)66-65-58(73(60)69(56)66)34-32-51-45-23-7-4-17-39(45)42-20-10-13-26-48(42)61(51)65/h4-37H,1-3H3. The fourth-order valence-corrected chi connectivity index (χ4v) is 14.8. The lowest BCUT2D eigenvalue weighted by Gasteiger charge is -2.34. The first-order chi connectivity index (χ1) is 35.9. The van der Waals surface area contributed by atoms with E-state index < -0.39 is 0 Å². The first-order valence-corrected chi connectivity index (χ1v) is 26.0. The van der Waals surface area contributed by atoms with Crippen molar-refractivity contribution >= 4 is 164 Å². The van der Waals surface area contributed by atoms with Crippen LogP contribution in [-0.4, -0.2) is 15.8 Å². The minimum Gasteiger partial charge on any atom is -0.310 e. The summed E-state index contributed by atoms with van der Waals surface area (Å²) in [6.07, 6.45) is 0. The Hall–Kier alpha value is -8.92. The lowest BCUT2D eigenvalue weighted by atomic mass is 9.34. The molecule has 336 valence electrons. The van der Waals surface area contributed by atoms with Crippen molar-refractivity contribution < 1.29 is 0 Å². The van der Waals surface area contributed by atoms with Gasteiger partial charge in [-0.25, -0.2) is 0 Å². The maximum absolute atomic E-state index is 2.69. The van der Waals surface area contributed by atoms with Crippen molar-refractivity contribution in [1.29, 1.82) is 0 Å². The normalized spacial score (nSPS) is 13.4. The average Bonchev–Trinajstić information content (AvgIpc) is 4.06. The number of nitrogens with zero attached hydrogens (tertiary/aromatic N) is 2. The van der Waals surface area contributed by atoms with Gasteiger partial charge in [0.25, 0.3) is 6.71 Å². The van der Waals surface area contributed by atoms with E-state index in [4.69, 9.17) is 0 Å². The van der Waals surface area contributed by atoms with Gasteiger partial charge in [-0.3, -0.25) is 0 Å². The number of fused-ring (bicyclic) bond motifs is 31. The molecule has 16 aromatic rings. The van der Waals surface area contributed by atoms with Gasteiger partial charge in [0.1, 0.15) is 0 Å². The molecular weight excluding hydrogens is 880 g/mol. The number of hydrogen-bond acceptors (Lipinski definition) is 0. The van der Waals surface area contributed by atoms with Gasteiger partial charge in [0.2, 0.25) is 0 Å². The maximum atomic E-state index is 2.69. The highest BCUT2D eigenvalue weighted by molar-refractivity contribution is 7.01. The summed E-state index contributed by atoms with van der Waals surface area (Å²) in [6, 6.07) is 79.6. The van der Waals surface area contributed by atoms with Crippen molar-refractivity contribution in [3.8, 4) is 11.4 Å². The van der Waals surface area contributed by atoms with Crippen molar-refractivity contribution in [3.63, 3.8) is 0 Å². The first-order valence-electron chi connectivity index (χ1n) is 26.0. The van der Waals surface area contributed by atoms with Gasteiger partial charge in [0.15, 0.2) is 0 Å². The average molecular weight is 923 g/mol. The summed E-state index contributed by atoms with van der Waals surface area (Å²) < 4.78 is 5.36. The van der Waals surface area contributed by atoms with Crippen LogP contribution < -0.4 is 16.4 Å². The van der Waals surface area contributed by atoms with Crippen molar-refractivity contribution in [2.75, 3.05) is 0 Å². The van der Waals surface area contributed by atoms with Crippen LogP contribution in [0.1, 0.15) is 26.3 Å². The lowest BCUT2D eigenvalue weighted by Crippen LogP contribution is -2.59. The molecular formula is C70H43BN2. The predicted octanol–water partition coefficient (Wildman–Crippen LogP) is 16.7. The Balaban J connectivity index is 1.13. The van der Waals surface area contributed by atoms with E-state index in [0.29, 0.717) is 0 Å². The van der Waals surface area contributed by atoms with Gasteiger partial charge in [-0.1, -0.05) is 197 Å². The van der Waals surface area contributed by atoms with Crippen molar-refractivity contribution in [3.05, 3.63) is 212 Å². The van der Waals surface area contributed by atoms with E-state index in [2.05, 4.69) is 236 Å². The Morgan fingerprint density at radius 2 is 0.658 bits per heavy atom. The van der Waals surface area contributed by atoms with Gasteiger partial charge in [-0.05, 0) is 138 Å². The zero-order valence-electron chi connectivity index (χ0n) is 40.6. The van der Waals surface area contributed by atoms with Gasteiger partial charge >= 0.3 is 0 Å². The molecule has 0 aliphatic carbocycles. The molecule has 2 aliphatic heterocycles. The minimum absolute atomic E-state index is 0.0302. The van der Waals surface area contributed by atoms with Crippen LogP contribution in [0.25, 0.3) is 152 Å². The molecule has 14 aromatic carbocycles. The molecule has 2 aromatic heterocycles. The van der Waals surface area contributed by atoms with Crippen LogP contribution in [0.4, 0.5) is 0 Å². The van der Waals surface area contributed by atoms with E-state index >= 15 is 0 Å². The summed E-state index contributed by atoms with van der Waals surface area (Å²) in [7, 11) is 0. The summed E-state index contributed by atoms with van der Waals surface area (Å²) in [6.45, 7) is 7.00. The molecule has 3 heteroatoms. The molecule has 18 rings (SSSR count). The van der Waals surface area contributed by atoms with Crippen molar-refractivity contribution in [1.82, 2.24) is 9.13 Å². The molecule has 0 atom stereocenters. The van der Waals surface area contributed by atoms with Crippen LogP contribution in [-0.2, 0) is 5.41 Å². The molecule has 0 saturated carbocycles. The highest BCUT2D eigenvalue weighted by atomic mass is 15.0. The quantitative estimate of drug-likeness (QED) is 0.106. The molecule has 0 unspecified atom stereocenters. The Bertz CT molecular complexity index is 5280. The predicted molar refractivity (Wildman–Crippen MR) is 316 cm³/mol. The second kappa shape index (κ2) is 13.1. The molecule has 0 fully saturated rings. The highest BCUT2D eigenvalue weighted by Crippen LogP contribution is 2.51. The van der Waals surface area contributed by atoms with Gasteiger partial charge in [0, 0.05) is 49.1 Å². The topological polar surface area (TPSA) is 9.86 Å². The molecule has 4 heterocycles. The zero-order chi connectivity index (χ0) is 47.7. The summed E-state index contributed by atoms with van der Waals surface area (Å²) in [5, 5.41) is 28.9. The van der Waals surface area contributed by atoms with Crippen LogP contribution in [0.15, 0.2) is 206 Å². The Morgan fingerprint density at radius 3 is 1.14 bits per heavy atom. The summed E-state index contributed by atoms with van der Waals surface area (Å²) >= 11 is 0. The van der Waals surface area contributed by atoms with E-state index in [-0.39, 0.29) is 12.1 Å². The summed E-state index contributed by atoms with van der Waals surface area (Å²) in [5.74, 6) is 0. The Morgan fingerprint density at radius 1 is 0.288 bits per heavy atom. The van der Waals surface area contributed by atoms with Crippen molar-refractivity contribution in [2.45, 2.75) is 26.2 Å². The van der Waals surface area contributed by atoms with Gasteiger partial charge in [0.05, 0.1) is 22.1 Å². The molecule has 0 bridgehead atoms. The number of benzene rings is 14. The smallest absolute Gasteiger partial charge is 0.252 e. The molecule has 73 heavy (non-hydrogen) atoms. The third-order valence-corrected chi connectivity index (χ3v) is 17.7. The van der Waals surface area contributed by atoms with Crippen molar-refractivity contribution in [2.24, 2.45) is 0 Å². The minimum atomic E-state index is -0.0555. The van der Waals surface area contributed by atoms with E-state index in [1.54, 1.807) is 0 Å². The molecule has 0 spiro atoms.